The summed E-state index contributed by atoms with van der Waals surface area (Å²) in [5.41, 5.74) is 0. The van der Waals surface area contributed by atoms with Crippen LogP contribution in [0.1, 0.15) is 335 Å². The van der Waals surface area contributed by atoms with Crippen LogP contribution in [0.2, 0.25) is 0 Å². The molecule has 0 aromatic rings. The minimum atomic E-state index is -0.785. The molecule has 450 valence electrons. The summed E-state index contributed by atoms with van der Waals surface area (Å²) in [7, 11) is 0. The largest absolute Gasteiger partial charge is 0.462 e. The Kier molecular flexibility index (Phi) is 63.2. The van der Waals surface area contributed by atoms with Crippen LogP contribution in [0.5, 0.6) is 0 Å². The molecule has 0 aromatic heterocycles. The molecular weight excluding hydrogens is 961 g/mol. The number of hydrogen-bond acceptors (Lipinski definition) is 6. The molecule has 0 aliphatic rings. The van der Waals surface area contributed by atoms with Gasteiger partial charge in [-0.3, -0.25) is 14.4 Å². The lowest BCUT2D eigenvalue weighted by Gasteiger charge is -2.18. The van der Waals surface area contributed by atoms with Crippen molar-refractivity contribution in [1.29, 1.82) is 0 Å². The van der Waals surface area contributed by atoms with E-state index in [9.17, 15) is 14.4 Å². The SMILES string of the molecule is CC/C=C\C/C=C\C/C=C\C/C=C\C/C=C\C/C=C\CCCCCCCCC(=O)OCC(COC(=O)CCCCCCCCCCCCCCCCCCC)OC(=O)CCCCCCCCC/C=C\CCCCCCCCC. The van der Waals surface area contributed by atoms with Crippen molar-refractivity contribution in [3.63, 3.8) is 0 Å². The maximum Gasteiger partial charge on any atom is 0.306 e. The topological polar surface area (TPSA) is 78.9 Å². The first-order valence-corrected chi connectivity index (χ1v) is 33.6. The van der Waals surface area contributed by atoms with Crippen LogP contribution in [0, 0.1) is 0 Å². The Labute approximate surface area is 484 Å². The van der Waals surface area contributed by atoms with Gasteiger partial charge in [0.2, 0.25) is 0 Å². The van der Waals surface area contributed by atoms with Crippen molar-refractivity contribution < 1.29 is 28.6 Å². The quantitative estimate of drug-likeness (QED) is 0.0261. The van der Waals surface area contributed by atoms with Crippen molar-refractivity contribution in [2.45, 2.75) is 341 Å². The molecule has 78 heavy (non-hydrogen) atoms. The molecular formula is C72H126O6. The van der Waals surface area contributed by atoms with Crippen molar-refractivity contribution in [2.24, 2.45) is 0 Å². The Bertz CT molecular complexity index is 1480. The lowest BCUT2D eigenvalue weighted by Crippen LogP contribution is -2.30. The fraction of sp³-hybridized carbons (Fsp3) is 0.764. The Morgan fingerprint density at radius 1 is 0.269 bits per heavy atom. The smallest absolute Gasteiger partial charge is 0.306 e. The summed E-state index contributed by atoms with van der Waals surface area (Å²) < 4.78 is 17.0. The molecule has 0 N–H and O–H groups in total. The van der Waals surface area contributed by atoms with Gasteiger partial charge in [-0.1, -0.05) is 305 Å². The van der Waals surface area contributed by atoms with Gasteiger partial charge in [0.05, 0.1) is 0 Å². The van der Waals surface area contributed by atoms with Crippen molar-refractivity contribution in [1.82, 2.24) is 0 Å². The standard InChI is InChI=1S/C72H126O6/c1-4-7-10-13-16-19-22-25-28-31-33-34-35-36-37-38-39-42-44-47-50-53-56-59-62-65-71(74)77-68-69(67-76-70(73)64-61-58-55-52-49-46-43-40-30-27-24-21-18-15-12-9-6-3)78-72(75)66-63-60-57-54-51-48-45-41-32-29-26-23-20-17-14-11-8-5-2/h7,10,16,19,25,28-29,32-34,36-37,39,42,69H,4-6,8-9,11-15,17-18,20-24,26-27,30-31,35,38,40-41,43-68H2,1-3H3/b10-7-,19-16-,28-25-,32-29-,34-33-,37-36-,42-39-. The molecule has 0 heterocycles. The zero-order valence-corrected chi connectivity index (χ0v) is 51.7. The monoisotopic (exact) mass is 1090 g/mol. The van der Waals surface area contributed by atoms with Crippen LogP contribution in [0.3, 0.4) is 0 Å². The van der Waals surface area contributed by atoms with E-state index in [1.54, 1.807) is 0 Å². The molecule has 0 amide bonds. The maximum absolute atomic E-state index is 12.9. The lowest BCUT2D eigenvalue weighted by atomic mass is 10.0. The normalized spacial score (nSPS) is 12.6. The summed E-state index contributed by atoms with van der Waals surface area (Å²) in [6.07, 6.45) is 87.3. The average Bonchev–Trinajstić information content (AvgIpc) is 3.44. The van der Waals surface area contributed by atoms with Gasteiger partial charge in [0.1, 0.15) is 13.2 Å². The minimum absolute atomic E-state index is 0.0797. The van der Waals surface area contributed by atoms with Gasteiger partial charge >= 0.3 is 17.9 Å². The molecule has 0 saturated heterocycles. The second-order valence-corrected chi connectivity index (χ2v) is 22.4. The summed E-state index contributed by atoms with van der Waals surface area (Å²) >= 11 is 0. The van der Waals surface area contributed by atoms with E-state index in [-0.39, 0.29) is 31.1 Å². The summed E-state index contributed by atoms with van der Waals surface area (Å²) in [5, 5.41) is 0. The first-order valence-electron chi connectivity index (χ1n) is 33.6. The molecule has 1 atom stereocenters. The molecule has 0 spiro atoms. The number of allylic oxidation sites excluding steroid dienone is 14. The summed E-state index contributed by atoms with van der Waals surface area (Å²) in [4.78, 5) is 38.4. The predicted octanol–water partition coefficient (Wildman–Crippen LogP) is 23.1. The molecule has 1 unspecified atom stereocenters. The van der Waals surface area contributed by atoms with E-state index in [4.69, 9.17) is 14.2 Å². The van der Waals surface area contributed by atoms with Crippen LogP contribution in [0.25, 0.3) is 0 Å². The fourth-order valence-electron chi connectivity index (χ4n) is 9.62. The number of esters is 3. The Hall–Kier alpha value is -3.41. The number of carbonyl (C=O) groups excluding carboxylic acids is 3. The number of carbonyl (C=O) groups is 3. The number of unbranched alkanes of at least 4 members (excludes halogenated alkanes) is 36. The Balaban J connectivity index is 4.38. The molecule has 0 rings (SSSR count). The average molecular weight is 1090 g/mol. The molecule has 6 nitrogen and oxygen atoms in total. The maximum atomic E-state index is 12.9. The second-order valence-electron chi connectivity index (χ2n) is 22.4. The van der Waals surface area contributed by atoms with E-state index in [2.05, 4.69) is 106 Å². The lowest BCUT2D eigenvalue weighted by molar-refractivity contribution is -0.167. The molecule has 0 aliphatic heterocycles. The Morgan fingerprint density at radius 3 is 0.795 bits per heavy atom. The predicted molar refractivity (Wildman–Crippen MR) is 339 cm³/mol. The highest BCUT2D eigenvalue weighted by molar-refractivity contribution is 5.71. The molecule has 6 heteroatoms. The molecule has 0 aromatic carbocycles. The van der Waals surface area contributed by atoms with E-state index in [1.807, 2.05) is 0 Å². The summed E-state index contributed by atoms with van der Waals surface area (Å²) in [6.45, 7) is 6.56. The van der Waals surface area contributed by atoms with Gasteiger partial charge in [-0.05, 0) is 96.3 Å². The summed E-state index contributed by atoms with van der Waals surface area (Å²) in [6, 6.07) is 0. The van der Waals surface area contributed by atoms with E-state index >= 15 is 0 Å². The number of rotatable bonds is 61. The first-order chi connectivity index (χ1) is 38.5. The van der Waals surface area contributed by atoms with Crippen molar-refractivity contribution >= 4 is 17.9 Å². The highest BCUT2D eigenvalue weighted by Gasteiger charge is 2.19. The van der Waals surface area contributed by atoms with E-state index < -0.39 is 6.10 Å². The van der Waals surface area contributed by atoms with Crippen LogP contribution in [-0.2, 0) is 28.6 Å². The van der Waals surface area contributed by atoms with E-state index in [1.165, 1.54) is 186 Å². The molecule has 0 fully saturated rings. The third-order valence-electron chi connectivity index (χ3n) is 14.6. The highest BCUT2D eigenvalue weighted by Crippen LogP contribution is 2.17. The molecule has 0 aliphatic carbocycles. The Morgan fingerprint density at radius 2 is 0.500 bits per heavy atom. The van der Waals surface area contributed by atoms with Gasteiger partial charge in [0, 0.05) is 19.3 Å². The van der Waals surface area contributed by atoms with Gasteiger partial charge in [-0.2, -0.15) is 0 Å². The van der Waals surface area contributed by atoms with Crippen LogP contribution in [-0.4, -0.2) is 37.2 Å². The third kappa shape index (κ3) is 63.4. The van der Waals surface area contributed by atoms with E-state index in [0.29, 0.717) is 19.3 Å². The van der Waals surface area contributed by atoms with Gasteiger partial charge < -0.3 is 14.2 Å². The van der Waals surface area contributed by atoms with Crippen LogP contribution in [0.4, 0.5) is 0 Å². The van der Waals surface area contributed by atoms with Crippen LogP contribution >= 0.6 is 0 Å². The van der Waals surface area contributed by atoms with Crippen molar-refractivity contribution in [3.05, 3.63) is 85.1 Å². The summed E-state index contributed by atoms with van der Waals surface area (Å²) in [5.74, 6) is -0.882. The third-order valence-corrected chi connectivity index (χ3v) is 14.6. The molecule has 0 bridgehead atoms. The number of hydrogen-bond donors (Lipinski definition) is 0. The zero-order valence-electron chi connectivity index (χ0n) is 51.7. The van der Waals surface area contributed by atoms with Crippen molar-refractivity contribution in [2.75, 3.05) is 13.2 Å². The highest BCUT2D eigenvalue weighted by atomic mass is 16.6. The minimum Gasteiger partial charge on any atom is -0.462 e. The zero-order chi connectivity index (χ0) is 56.4. The molecule has 0 radical (unpaired) electrons. The van der Waals surface area contributed by atoms with Crippen LogP contribution in [0.15, 0.2) is 85.1 Å². The van der Waals surface area contributed by atoms with Gasteiger partial charge in [-0.15, -0.1) is 0 Å². The van der Waals surface area contributed by atoms with Gasteiger partial charge in [-0.25, -0.2) is 0 Å². The van der Waals surface area contributed by atoms with Gasteiger partial charge in [0.15, 0.2) is 6.10 Å². The fourth-order valence-corrected chi connectivity index (χ4v) is 9.62. The van der Waals surface area contributed by atoms with Gasteiger partial charge in [0.25, 0.3) is 0 Å². The first kappa shape index (κ1) is 74.6. The second kappa shape index (κ2) is 66.1. The number of ether oxygens (including phenoxy) is 3. The van der Waals surface area contributed by atoms with E-state index in [0.717, 1.165) is 109 Å². The molecule has 0 saturated carbocycles. The van der Waals surface area contributed by atoms with Crippen LogP contribution < -0.4 is 0 Å². The van der Waals surface area contributed by atoms with Crippen molar-refractivity contribution in [3.8, 4) is 0 Å².